The van der Waals surface area contributed by atoms with Crippen LogP contribution in [0.25, 0.3) is 10.9 Å². The fourth-order valence-corrected chi connectivity index (χ4v) is 4.75. The molecule has 2 atom stereocenters. The Bertz CT molecular complexity index is 730. The molecule has 0 N–H and O–H groups in total. The third-order valence-electron chi connectivity index (χ3n) is 5.50. The Morgan fingerprint density at radius 1 is 1.15 bits per heavy atom. The fourth-order valence-electron chi connectivity index (χ4n) is 4.75. The zero-order valence-electron chi connectivity index (χ0n) is 11.5. The van der Waals surface area contributed by atoms with Crippen molar-refractivity contribution in [1.29, 1.82) is 0 Å². The van der Waals surface area contributed by atoms with E-state index in [9.17, 15) is 4.79 Å². The second-order valence-electron chi connectivity index (χ2n) is 6.45. The first kappa shape index (κ1) is 11.1. The lowest BCUT2D eigenvalue weighted by Crippen LogP contribution is -2.47. The first-order chi connectivity index (χ1) is 9.84. The van der Waals surface area contributed by atoms with Crippen LogP contribution in [0.2, 0.25) is 0 Å². The highest BCUT2D eigenvalue weighted by Gasteiger charge is 2.44. The molecule has 1 aromatic heterocycles. The minimum absolute atomic E-state index is 0.312. The number of fused-ring (bicyclic) bond motifs is 3. The standard InChI is InChI=1S/C17H18N2O/c20-15-10-11-4-3-8-18-9-7-13-12-5-1-2-6-14(12)19(15)17(13)16(11)18/h1-2,5-6,11,16H,3-4,7-10H2/t11-,16?/m0/s1. The van der Waals surface area contributed by atoms with Gasteiger partial charge in [-0.3, -0.25) is 14.3 Å². The van der Waals surface area contributed by atoms with E-state index in [1.54, 1.807) is 0 Å². The summed E-state index contributed by atoms with van der Waals surface area (Å²) in [6.45, 7) is 2.37. The van der Waals surface area contributed by atoms with Gasteiger partial charge in [-0.05, 0) is 43.4 Å². The molecule has 0 saturated carbocycles. The fraction of sp³-hybridized carbons (Fsp3) is 0.471. The van der Waals surface area contributed by atoms with Gasteiger partial charge in [-0.25, -0.2) is 0 Å². The number of piperidine rings is 1. The quantitative estimate of drug-likeness (QED) is 0.732. The zero-order chi connectivity index (χ0) is 13.3. The van der Waals surface area contributed by atoms with E-state index >= 15 is 0 Å². The molecule has 3 aliphatic rings. The average Bonchev–Trinajstić information content (AvgIpc) is 2.82. The summed E-state index contributed by atoms with van der Waals surface area (Å²) in [5, 5.41) is 1.31. The molecule has 1 fully saturated rings. The van der Waals surface area contributed by atoms with Gasteiger partial charge in [0, 0.05) is 24.0 Å². The molecule has 1 saturated heterocycles. The molecule has 1 aromatic carbocycles. The molecule has 102 valence electrons. The minimum Gasteiger partial charge on any atom is -0.294 e. The van der Waals surface area contributed by atoms with Crippen LogP contribution in [0.15, 0.2) is 24.3 Å². The van der Waals surface area contributed by atoms with Crippen molar-refractivity contribution in [2.75, 3.05) is 13.1 Å². The Balaban J connectivity index is 1.88. The molecular weight excluding hydrogens is 248 g/mol. The summed E-state index contributed by atoms with van der Waals surface area (Å²) < 4.78 is 2.04. The first-order valence-corrected chi connectivity index (χ1v) is 7.74. The third kappa shape index (κ3) is 1.22. The molecular formula is C17H18N2O. The monoisotopic (exact) mass is 266 g/mol. The van der Waals surface area contributed by atoms with Crippen molar-refractivity contribution in [2.24, 2.45) is 5.92 Å². The van der Waals surface area contributed by atoms with Crippen LogP contribution < -0.4 is 0 Å². The molecule has 20 heavy (non-hydrogen) atoms. The van der Waals surface area contributed by atoms with Crippen molar-refractivity contribution in [1.82, 2.24) is 9.47 Å². The number of nitrogens with zero attached hydrogens (tertiary/aromatic N) is 2. The van der Waals surface area contributed by atoms with E-state index in [-0.39, 0.29) is 0 Å². The van der Waals surface area contributed by atoms with Crippen molar-refractivity contribution < 1.29 is 4.79 Å². The Labute approximate surface area is 118 Å². The van der Waals surface area contributed by atoms with Crippen LogP contribution in [0.5, 0.6) is 0 Å². The Kier molecular flexibility index (Phi) is 2.07. The largest absolute Gasteiger partial charge is 0.294 e. The van der Waals surface area contributed by atoms with Gasteiger partial charge < -0.3 is 0 Å². The van der Waals surface area contributed by atoms with E-state index in [1.165, 1.54) is 36.0 Å². The van der Waals surface area contributed by atoms with E-state index in [1.807, 2.05) is 4.57 Å². The highest BCUT2D eigenvalue weighted by Crippen LogP contribution is 2.48. The van der Waals surface area contributed by atoms with Gasteiger partial charge in [-0.1, -0.05) is 18.2 Å². The van der Waals surface area contributed by atoms with Crippen LogP contribution in [-0.2, 0) is 6.42 Å². The number of carbonyl (C=O) groups is 1. The van der Waals surface area contributed by atoms with Crippen molar-refractivity contribution in [3.8, 4) is 0 Å². The molecule has 1 unspecified atom stereocenters. The van der Waals surface area contributed by atoms with E-state index in [0.29, 0.717) is 17.9 Å². The Morgan fingerprint density at radius 3 is 3.00 bits per heavy atom. The molecule has 0 bridgehead atoms. The van der Waals surface area contributed by atoms with Crippen LogP contribution in [0.4, 0.5) is 0 Å². The molecule has 0 amide bonds. The maximum Gasteiger partial charge on any atom is 0.231 e. The maximum absolute atomic E-state index is 12.6. The van der Waals surface area contributed by atoms with Crippen LogP contribution in [-0.4, -0.2) is 28.5 Å². The molecule has 5 rings (SSSR count). The number of benzene rings is 1. The number of hydrogen-bond acceptors (Lipinski definition) is 2. The van der Waals surface area contributed by atoms with Crippen LogP contribution in [0.1, 0.15) is 41.4 Å². The van der Waals surface area contributed by atoms with Crippen LogP contribution in [0, 0.1) is 5.92 Å². The van der Waals surface area contributed by atoms with E-state index in [0.717, 1.165) is 24.9 Å². The molecule has 0 radical (unpaired) electrons. The lowest BCUT2D eigenvalue weighted by molar-refractivity contribution is 0.0478. The first-order valence-electron chi connectivity index (χ1n) is 7.74. The smallest absolute Gasteiger partial charge is 0.231 e. The summed E-state index contributed by atoms with van der Waals surface area (Å²) in [6, 6.07) is 8.95. The number of carbonyl (C=O) groups excluding carboxylic acids is 1. The van der Waals surface area contributed by atoms with Gasteiger partial charge in [0.2, 0.25) is 5.91 Å². The number of aromatic nitrogens is 1. The topological polar surface area (TPSA) is 25.2 Å². The second kappa shape index (κ2) is 3.73. The second-order valence-corrected chi connectivity index (χ2v) is 6.45. The SMILES string of the molecule is O=C1C[C@@H]2CCCN3CCc4c(n1c1ccccc41)C23. The van der Waals surface area contributed by atoms with Gasteiger partial charge in [-0.2, -0.15) is 0 Å². The molecule has 3 heteroatoms. The summed E-state index contributed by atoms with van der Waals surface area (Å²) in [5.74, 6) is 0.861. The van der Waals surface area contributed by atoms with E-state index < -0.39 is 0 Å². The summed E-state index contributed by atoms with van der Waals surface area (Å²) in [5.41, 5.74) is 3.91. The Hall–Kier alpha value is -1.61. The van der Waals surface area contributed by atoms with E-state index in [4.69, 9.17) is 0 Å². The van der Waals surface area contributed by atoms with Gasteiger partial charge in [0.05, 0.1) is 11.6 Å². The third-order valence-corrected chi connectivity index (χ3v) is 5.50. The van der Waals surface area contributed by atoms with Crippen molar-refractivity contribution in [2.45, 2.75) is 31.7 Å². The van der Waals surface area contributed by atoms with Crippen LogP contribution in [0.3, 0.4) is 0 Å². The molecule has 3 aliphatic heterocycles. The molecule has 0 aliphatic carbocycles. The number of para-hydroxylation sites is 1. The van der Waals surface area contributed by atoms with E-state index in [2.05, 4.69) is 29.2 Å². The zero-order valence-corrected chi connectivity index (χ0v) is 11.5. The molecule has 4 heterocycles. The average molecular weight is 266 g/mol. The predicted octanol–water partition coefficient (Wildman–Crippen LogP) is 2.99. The molecule has 2 aromatic rings. The normalized spacial score (nSPS) is 28.7. The lowest BCUT2D eigenvalue weighted by Gasteiger charge is -2.46. The van der Waals surface area contributed by atoms with Crippen molar-refractivity contribution >= 4 is 16.8 Å². The van der Waals surface area contributed by atoms with Crippen molar-refractivity contribution in [3.05, 3.63) is 35.5 Å². The van der Waals surface area contributed by atoms with Gasteiger partial charge in [0.25, 0.3) is 0 Å². The number of rotatable bonds is 0. The van der Waals surface area contributed by atoms with Gasteiger partial charge >= 0.3 is 0 Å². The van der Waals surface area contributed by atoms with Gasteiger partial charge in [-0.15, -0.1) is 0 Å². The molecule has 0 spiro atoms. The summed E-state index contributed by atoms with van der Waals surface area (Å²) in [4.78, 5) is 15.3. The van der Waals surface area contributed by atoms with Gasteiger partial charge in [0.15, 0.2) is 0 Å². The summed E-state index contributed by atoms with van der Waals surface area (Å²) in [7, 11) is 0. The lowest BCUT2D eigenvalue weighted by atomic mass is 9.79. The van der Waals surface area contributed by atoms with Gasteiger partial charge in [0.1, 0.15) is 0 Å². The highest BCUT2D eigenvalue weighted by atomic mass is 16.2. The molecule has 3 nitrogen and oxygen atoms in total. The predicted molar refractivity (Wildman–Crippen MR) is 77.9 cm³/mol. The summed E-state index contributed by atoms with van der Waals surface area (Å²) in [6.07, 6.45) is 4.30. The Morgan fingerprint density at radius 2 is 2.05 bits per heavy atom. The van der Waals surface area contributed by atoms with Crippen molar-refractivity contribution in [3.63, 3.8) is 0 Å². The summed E-state index contributed by atoms with van der Waals surface area (Å²) >= 11 is 0. The highest BCUT2D eigenvalue weighted by molar-refractivity contribution is 5.97. The number of hydrogen-bond donors (Lipinski definition) is 0. The minimum atomic E-state index is 0.312. The maximum atomic E-state index is 12.6. The van der Waals surface area contributed by atoms with Crippen LogP contribution >= 0.6 is 0 Å².